The van der Waals surface area contributed by atoms with Gasteiger partial charge in [-0.15, -0.1) is 0 Å². The van der Waals surface area contributed by atoms with Crippen LogP contribution in [0.4, 0.5) is 10.5 Å². The summed E-state index contributed by atoms with van der Waals surface area (Å²) in [5.74, 6) is 0. The summed E-state index contributed by atoms with van der Waals surface area (Å²) in [7, 11) is 0. The van der Waals surface area contributed by atoms with Gasteiger partial charge >= 0.3 is 6.03 Å². The topological polar surface area (TPSA) is 32.3 Å². The molecule has 0 spiro atoms. The van der Waals surface area contributed by atoms with Crippen LogP contribution in [0.3, 0.4) is 0 Å². The number of nitrogens with zero attached hydrogens (tertiary/aromatic N) is 1. The Labute approximate surface area is 126 Å². The van der Waals surface area contributed by atoms with Crippen molar-refractivity contribution in [1.29, 1.82) is 0 Å². The number of carbonyl (C=O) groups is 1. The Morgan fingerprint density at radius 3 is 2.38 bits per heavy atom. The molecule has 0 saturated carbocycles. The van der Waals surface area contributed by atoms with Gasteiger partial charge in [0.2, 0.25) is 0 Å². The lowest BCUT2D eigenvalue weighted by molar-refractivity contribution is 0.246. The monoisotopic (exact) mass is 282 g/mol. The Kier molecular flexibility index (Phi) is 4.99. The molecule has 0 aliphatic heterocycles. The summed E-state index contributed by atoms with van der Waals surface area (Å²) in [6.45, 7) is 7.25. The molecule has 21 heavy (non-hydrogen) atoms. The van der Waals surface area contributed by atoms with Crippen LogP contribution in [-0.4, -0.2) is 12.6 Å². The number of carbonyl (C=O) groups excluding carboxylic acids is 1. The summed E-state index contributed by atoms with van der Waals surface area (Å²) in [6, 6.07) is 16.1. The fraction of sp³-hybridized carbons (Fsp3) is 0.278. The first kappa shape index (κ1) is 15.1. The van der Waals surface area contributed by atoms with Crippen molar-refractivity contribution in [3.8, 4) is 0 Å². The number of hydrogen-bond acceptors (Lipinski definition) is 1. The number of nitrogens with one attached hydrogen (secondary N) is 1. The predicted octanol–water partition coefficient (Wildman–Crippen LogP) is 4.04. The minimum absolute atomic E-state index is 0.0660. The van der Waals surface area contributed by atoms with Crippen molar-refractivity contribution < 1.29 is 4.79 Å². The van der Waals surface area contributed by atoms with Crippen LogP contribution >= 0.6 is 0 Å². The Hall–Kier alpha value is -2.29. The Morgan fingerprint density at radius 2 is 1.76 bits per heavy atom. The lowest BCUT2D eigenvalue weighted by Crippen LogP contribution is -2.39. The van der Waals surface area contributed by atoms with Crippen LogP contribution in [0.25, 0.3) is 0 Å². The number of hydrogen-bond donors (Lipinski definition) is 1. The number of amides is 2. The van der Waals surface area contributed by atoms with Crippen LogP contribution in [0.5, 0.6) is 0 Å². The third-order valence-corrected chi connectivity index (χ3v) is 3.44. The minimum atomic E-state index is -0.0660. The number of benzene rings is 2. The van der Waals surface area contributed by atoms with E-state index >= 15 is 0 Å². The molecular formula is C18H22N2O. The fourth-order valence-corrected chi connectivity index (χ4v) is 2.22. The zero-order valence-corrected chi connectivity index (χ0v) is 12.9. The van der Waals surface area contributed by atoms with Crippen molar-refractivity contribution in [2.75, 3.05) is 11.4 Å². The highest BCUT2D eigenvalue weighted by Crippen LogP contribution is 2.16. The van der Waals surface area contributed by atoms with Gasteiger partial charge in [-0.05, 0) is 44.0 Å². The van der Waals surface area contributed by atoms with Gasteiger partial charge in [-0.25, -0.2) is 4.79 Å². The van der Waals surface area contributed by atoms with Crippen LogP contribution in [0.1, 0.15) is 23.6 Å². The van der Waals surface area contributed by atoms with E-state index < -0.39 is 0 Å². The number of urea groups is 1. The average Bonchev–Trinajstić information content (AvgIpc) is 2.47. The molecular weight excluding hydrogens is 260 g/mol. The van der Waals surface area contributed by atoms with Crippen LogP contribution in [0.15, 0.2) is 48.5 Å². The van der Waals surface area contributed by atoms with E-state index in [9.17, 15) is 4.79 Å². The predicted molar refractivity (Wildman–Crippen MR) is 87.6 cm³/mol. The van der Waals surface area contributed by atoms with Crippen LogP contribution < -0.4 is 10.2 Å². The van der Waals surface area contributed by atoms with E-state index in [1.165, 1.54) is 5.56 Å². The smallest absolute Gasteiger partial charge is 0.322 e. The first-order valence-electron chi connectivity index (χ1n) is 7.27. The minimum Gasteiger partial charge on any atom is -0.334 e. The van der Waals surface area contributed by atoms with E-state index in [2.05, 4.69) is 24.4 Å². The molecule has 2 aromatic carbocycles. The Balaban J connectivity index is 2.02. The largest absolute Gasteiger partial charge is 0.334 e. The van der Waals surface area contributed by atoms with E-state index in [1.54, 1.807) is 4.90 Å². The first-order chi connectivity index (χ1) is 10.1. The Morgan fingerprint density at radius 1 is 1.05 bits per heavy atom. The van der Waals surface area contributed by atoms with Crippen molar-refractivity contribution in [2.45, 2.75) is 27.3 Å². The lowest BCUT2D eigenvalue weighted by atomic mass is 10.1. The second-order valence-electron chi connectivity index (χ2n) is 5.23. The van der Waals surface area contributed by atoms with Crippen molar-refractivity contribution in [2.24, 2.45) is 0 Å². The van der Waals surface area contributed by atoms with Gasteiger partial charge in [0.1, 0.15) is 0 Å². The van der Waals surface area contributed by atoms with E-state index in [-0.39, 0.29) is 6.03 Å². The molecule has 2 amide bonds. The van der Waals surface area contributed by atoms with E-state index in [1.807, 2.05) is 50.2 Å². The number of rotatable bonds is 4. The molecule has 0 aromatic heterocycles. The summed E-state index contributed by atoms with van der Waals surface area (Å²) in [5.41, 5.74) is 4.41. The molecule has 0 saturated heterocycles. The highest BCUT2D eigenvalue weighted by Gasteiger charge is 2.13. The SMILES string of the molecule is CCN(C(=O)NCc1ccc(C)cc1)c1cccc(C)c1. The van der Waals surface area contributed by atoms with Gasteiger partial charge in [-0.2, -0.15) is 0 Å². The van der Waals surface area contributed by atoms with Crippen LogP contribution in [0, 0.1) is 13.8 Å². The third kappa shape index (κ3) is 4.09. The van der Waals surface area contributed by atoms with Gasteiger partial charge in [0.05, 0.1) is 0 Å². The van der Waals surface area contributed by atoms with E-state index in [0.717, 1.165) is 16.8 Å². The lowest BCUT2D eigenvalue weighted by Gasteiger charge is -2.22. The molecule has 0 aliphatic rings. The quantitative estimate of drug-likeness (QED) is 0.902. The highest BCUT2D eigenvalue weighted by atomic mass is 16.2. The molecule has 0 fully saturated rings. The summed E-state index contributed by atoms with van der Waals surface area (Å²) >= 11 is 0. The normalized spacial score (nSPS) is 10.2. The summed E-state index contributed by atoms with van der Waals surface area (Å²) in [6.07, 6.45) is 0. The van der Waals surface area contributed by atoms with E-state index in [4.69, 9.17) is 0 Å². The maximum Gasteiger partial charge on any atom is 0.322 e. The molecule has 0 radical (unpaired) electrons. The third-order valence-electron chi connectivity index (χ3n) is 3.44. The van der Waals surface area contributed by atoms with Gasteiger partial charge in [0.15, 0.2) is 0 Å². The van der Waals surface area contributed by atoms with Gasteiger partial charge in [0.25, 0.3) is 0 Å². The molecule has 2 aromatic rings. The maximum atomic E-state index is 12.3. The van der Waals surface area contributed by atoms with Crippen molar-refractivity contribution in [3.63, 3.8) is 0 Å². The zero-order valence-electron chi connectivity index (χ0n) is 12.9. The summed E-state index contributed by atoms with van der Waals surface area (Å²) < 4.78 is 0. The molecule has 3 heteroatoms. The number of anilines is 1. The molecule has 1 N–H and O–H groups in total. The molecule has 0 aliphatic carbocycles. The molecule has 0 bridgehead atoms. The fourth-order valence-electron chi connectivity index (χ4n) is 2.22. The standard InChI is InChI=1S/C18H22N2O/c1-4-20(17-7-5-6-15(3)12-17)18(21)19-13-16-10-8-14(2)9-11-16/h5-12H,4,13H2,1-3H3,(H,19,21). The van der Waals surface area contributed by atoms with Gasteiger partial charge in [-0.1, -0.05) is 42.0 Å². The van der Waals surface area contributed by atoms with Gasteiger partial charge < -0.3 is 5.32 Å². The molecule has 0 unspecified atom stereocenters. The molecule has 0 heterocycles. The van der Waals surface area contributed by atoms with Crippen molar-refractivity contribution >= 4 is 11.7 Å². The first-order valence-corrected chi connectivity index (χ1v) is 7.27. The summed E-state index contributed by atoms with van der Waals surface area (Å²) in [5, 5.41) is 2.97. The second kappa shape index (κ2) is 6.93. The van der Waals surface area contributed by atoms with E-state index in [0.29, 0.717) is 13.1 Å². The average molecular weight is 282 g/mol. The second-order valence-corrected chi connectivity index (χ2v) is 5.23. The number of aryl methyl sites for hydroxylation is 2. The van der Waals surface area contributed by atoms with Gasteiger partial charge in [0, 0.05) is 18.8 Å². The molecule has 2 rings (SSSR count). The molecule has 3 nitrogen and oxygen atoms in total. The molecule has 110 valence electrons. The van der Waals surface area contributed by atoms with Gasteiger partial charge in [-0.3, -0.25) is 4.90 Å². The van der Waals surface area contributed by atoms with Crippen LogP contribution in [-0.2, 0) is 6.54 Å². The summed E-state index contributed by atoms with van der Waals surface area (Å²) in [4.78, 5) is 14.1. The van der Waals surface area contributed by atoms with Crippen LogP contribution in [0.2, 0.25) is 0 Å². The maximum absolute atomic E-state index is 12.3. The highest BCUT2D eigenvalue weighted by molar-refractivity contribution is 5.91. The Bertz CT molecular complexity index is 605. The molecule has 0 atom stereocenters. The zero-order chi connectivity index (χ0) is 15.2. The van der Waals surface area contributed by atoms with Crippen molar-refractivity contribution in [3.05, 3.63) is 65.2 Å². The van der Waals surface area contributed by atoms with Crippen molar-refractivity contribution in [1.82, 2.24) is 5.32 Å².